The summed E-state index contributed by atoms with van der Waals surface area (Å²) in [6.07, 6.45) is 4.99. The van der Waals surface area contributed by atoms with Crippen LogP contribution >= 0.6 is 0 Å². The van der Waals surface area contributed by atoms with Crippen molar-refractivity contribution in [1.82, 2.24) is 14.9 Å². The van der Waals surface area contributed by atoms with Gasteiger partial charge in [0, 0.05) is 18.8 Å². The quantitative estimate of drug-likeness (QED) is 0.808. The van der Waals surface area contributed by atoms with Crippen LogP contribution in [0.3, 0.4) is 0 Å². The molecule has 98 valence electrons. The molecule has 0 radical (unpaired) electrons. The first-order valence-corrected chi connectivity index (χ1v) is 5.95. The van der Waals surface area contributed by atoms with Crippen LogP contribution in [0.15, 0.2) is 49.8 Å². The van der Waals surface area contributed by atoms with E-state index in [0.717, 1.165) is 16.7 Å². The lowest BCUT2D eigenvalue weighted by Gasteiger charge is -2.19. The van der Waals surface area contributed by atoms with Crippen molar-refractivity contribution in [1.29, 1.82) is 0 Å². The van der Waals surface area contributed by atoms with E-state index in [9.17, 15) is 4.79 Å². The predicted molar refractivity (Wildman–Crippen MR) is 77.1 cm³/mol. The van der Waals surface area contributed by atoms with Crippen LogP contribution in [-0.4, -0.2) is 34.0 Å². The number of carbonyl (C=O) groups excluding carboxylic acids is 1. The molecule has 0 saturated carbocycles. The molecule has 2 aromatic rings. The molecule has 0 atom stereocenters. The van der Waals surface area contributed by atoms with Crippen LogP contribution in [0.1, 0.15) is 0 Å². The van der Waals surface area contributed by atoms with Gasteiger partial charge in [-0.3, -0.25) is 0 Å². The average molecular weight is 256 g/mol. The number of rotatable bonds is 5. The van der Waals surface area contributed by atoms with E-state index in [1.165, 1.54) is 0 Å². The number of aromatic nitrogens is 2. The summed E-state index contributed by atoms with van der Waals surface area (Å²) < 4.78 is 0. The second-order valence-corrected chi connectivity index (χ2v) is 4.05. The molecule has 1 aromatic carbocycles. The number of imidazole rings is 1. The second kappa shape index (κ2) is 5.86. The molecule has 1 heterocycles. The maximum Gasteiger partial charge on any atom is 0.322 e. The van der Waals surface area contributed by atoms with Crippen LogP contribution in [0.5, 0.6) is 0 Å². The fourth-order valence-electron chi connectivity index (χ4n) is 1.77. The normalized spacial score (nSPS) is 10.1. The molecule has 1 aromatic heterocycles. The van der Waals surface area contributed by atoms with Crippen molar-refractivity contribution in [2.45, 2.75) is 0 Å². The number of amides is 2. The van der Waals surface area contributed by atoms with Crippen molar-refractivity contribution in [3.63, 3.8) is 0 Å². The van der Waals surface area contributed by atoms with E-state index in [2.05, 4.69) is 28.4 Å². The number of carbonyl (C=O) groups is 1. The van der Waals surface area contributed by atoms with Gasteiger partial charge in [-0.25, -0.2) is 9.78 Å². The minimum Gasteiger partial charge on any atom is -0.345 e. The highest BCUT2D eigenvalue weighted by atomic mass is 16.2. The molecule has 0 aliphatic carbocycles. The Hall–Kier alpha value is -2.56. The first-order chi connectivity index (χ1) is 9.24. The van der Waals surface area contributed by atoms with Crippen LogP contribution in [0, 0.1) is 0 Å². The van der Waals surface area contributed by atoms with Crippen molar-refractivity contribution < 1.29 is 4.79 Å². The highest BCUT2D eigenvalue weighted by Crippen LogP contribution is 2.16. The highest BCUT2D eigenvalue weighted by Gasteiger charge is 2.10. The van der Waals surface area contributed by atoms with Gasteiger partial charge in [-0.1, -0.05) is 12.2 Å². The van der Waals surface area contributed by atoms with E-state index in [1.54, 1.807) is 23.4 Å². The SMILES string of the molecule is C=CCN(CC=C)C(=O)Nc1ccc2nc[nH]c2c1. The summed E-state index contributed by atoms with van der Waals surface area (Å²) >= 11 is 0. The van der Waals surface area contributed by atoms with Gasteiger partial charge in [0.2, 0.25) is 0 Å². The summed E-state index contributed by atoms with van der Waals surface area (Å²) in [6.45, 7) is 8.23. The van der Waals surface area contributed by atoms with E-state index in [-0.39, 0.29) is 6.03 Å². The van der Waals surface area contributed by atoms with E-state index in [0.29, 0.717) is 13.1 Å². The molecule has 0 unspecified atom stereocenters. The van der Waals surface area contributed by atoms with E-state index >= 15 is 0 Å². The molecule has 0 spiro atoms. The summed E-state index contributed by atoms with van der Waals surface area (Å²) in [5, 5.41) is 2.84. The van der Waals surface area contributed by atoms with Crippen LogP contribution in [0.25, 0.3) is 11.0 Å². The fraction of sp³-hybridized carbons (Fsp3) is 0.143. The topological polar surface area (TPSA) is 61.0 Å². The third-order valence-corrected chi connectivity index (χ3v) is 2.66. The second-order valence-electron chi connectivity index (χ2n) is 4.05. The van der Waals surface area contributed by atoms with Crippen molar-refractivity contribution in [2.24, 2.45) is 0 Å². The largest absolute Gasteiger partial charge is 0.345 e. The first kappa shape index (κ1) is 12.9. The van der Waals surface area contributed by atoms with Gasteiger partial charge in [-0.2, -0.15) is 0 Å². The van der Waals surface area contributed by atoms with Gasteiger partial charge in [0.15, 0.2) is 0 Å². The summed E-state index contributed by atoms with van der Waals surface area (Å²) in [4.78, 5) is 20.8. The molecule has 0 fully saturated rings. The van der Waals surface area contributed by atoms with Gasteiger partial charge in [0.1, 0.15) is 0 Å². The zero-order valence-electron chi connectivity index (χ0n) is 10.6. The van der Waals surface area contributed by atoms with Gasteiger partial charge < -0.3 is 15.2 Å². The monoisotopic (exact) mass is 256 g/mol. The molecular formula is C14H16N4O. The molecule has 5 heteroatoms. The maximum atomic E-state index is 12.1. The molecule has 0 bridgehead atoms. The lowest BCUT2D eigenvalue weighted by molar-refractivity contribution is 0.222. The fourth-order valence-corrected chi connectivity index (χ4v) is 1.77. The summed E-state index contributed by atoms with van der Waals surface area (Å²) in [6, 6.07) is 5.34. The van der Waals surface area contributed by atoms with Gasteiger partial charge in [0.05, 0.1) is 17.4 Å². The Morgan fingerprint density at radius 2 is 2.11 bits per heavy atom. The Morgan fingerprint density at radius 3 is 2.79 bits per heavy atom. The number of fused-ring (bicyclic) bond motifs is 1. The first-order valence-electron chi connectivity index (χ1n) is 5.95. The van der Waals surface area contributed by atoms with Crippen molar-refractivity contribution >= 4 is 22.8 Å². The van der Waals surface area contributed by atoms with Gasteiger partial charge in [-0.05, 0) is 18.2 Å². The van der Waals surface area contributed by atoms with Gasteiger partial charge in [-0.15, -0.1) is 13.2 Å². The molecular weight excluding hydrogens is 240 g/mol. The smallest absolute Gasteiger partial charge is 0.322 e. The minimum absolute atomic E-state index is 0.182. The summed E-state index contributed by atoms with van der Waals surface area (Å²) in [7, 11) is 0. The highest BCUT2D eigenvalue weighted by molar-refractivity contribution is 5.92. The van der Waals surface area contributed by atoms with E-state index in [1.807, 2.05) is 18.2 Å². The standard InChI is InChI=1S/C14H16N4O/c1-3-7-18(8-4-2)14(19)17-11-5-6-12-13(9-11)16-10-15-12/h3-6,9-10H,1-2,7-8H2,(H,15,16)(H,17,19). The Morgan fingerprint density at radius 1 is 1.37 bits per heavy atom. The number of nitrogens with zero attached hydrogens (tertiary/aromatic N) is 2. The Bertz CT molecular complexity index is 592. The third kappa shape index (κ3) is 3.01. The molecule has 0 aliphatic rings. The third-order valence-electron chi connectivity index (χ3n) is 2.66. The molecule has 2 rings (SSSR count). The molecule has 0 saturated heterocycles. The number of nitrogens with one attached hydrogen (secondary N) is 2. The van der Waals surface area contributed by atoms with Crippen molar-refractivity contribution in [3.05, 3.63) is 49.8 Å². The Kier molecular flexibility index (Phi) is 3.97. The minimum atomic E-state index is -0.182. The number of benzene rings is 1. The zero-order chi connectivity index (χ0) is 13.7. The molecule has 2 N–H and O–H groups in total. The Labute approximate surface area is 111 Å². The van der Waals surface area contributed by atoms with Crippen LogP contribution in [0.4, 0.5) is 10.5 Å². The summed E-state index contributed by atoms with van der Waals surface area (Å²) in [5.74, 6) is 0. The number of hydrogen-bond acceptors (Lipinski definition) is 2. The molecule has 0 aliphatic heterocycles. The number of urea groups is 1. The number of anilines is 1. The van der Waals surface area contributed by atoms with Crippen molar-refractivity contribution in [3.8, 4) is 0 Å². The Balaban J connectivity index is 2.11. The molecule has 5 nitrogen and oxygen atoms in total. The van der Waals surface area contributed by atoms with Crippen LogP contribution in [-0.2, 0) is 0 Å². The lowest BCUT2D eigenvalue weighted by atomic mass is 10.3. The molecule has 19 heavy (non-hydrogen) atoms. The number of H-pyrrole nitrogens is 1. The average Bonchev–Trinajstić information content (AvgIpc) is 2.86. The maximum absolute atomic E-state index is 12.1. The number of hydrogen-bond donors (Lipinski definition) is 2. The van der Waals surface area contributed by atoms with Crippen molar-refractivity contribution in [2.75, 3.05) is 18.4 Å². The van der Waals surface area contributed by atoms with Crippen LogP contribution in [0.2, 0.25) is 0 Å². The van der Waals surface area contributed by atoms with E-state index in [4.69, 9.17) is 0 Å². The van der Waals surface area contributed by atoms with Gasteiger partial charge in [0.25, 0.3) is 0 Å². The predicted octanol–water partition coefficient (Wildman–Crippen LogP) is 2.77. The van der Waals surface area contributed by atoms with Gasteiger partial charge >= 0.3 is 6.03 Å². The summed E-state index contributed by atoms with van der Waals surface area (Å²) in [5.41, 5.74) is 2.48. The molecule has 2 amide bonds. The number of aromatic amines is 1. The van der Waals surface area contributed by atoms with E-state index < -0.39 is 0 Å². The lowest BCUT2D eigenvalue weighted by Crippen LogP contribution is -2.35. The van der Waals surface area contributed by atoms with Crippen LogP contribution < -0.4 is 5.32 Å². The zero-order valence-corrected chi connectivity index (χ0v) is 10.6.